The lowest BCUT2D eigenvalue weighted by atomic mass is 10.1. The van der Waals surface area contributed by atoms with Crippen LogP contribution in [-0.4, -0.2) is 25.0 Å². The molecule has 0 heterocycles. The Kier molecular flexibility index (Phi) is 6.86. The number of carbonyl (C=O) groups excluding carboxylic acids is 2. The van der Waals surface area contributed by atoms with Gasteiger partial charge < -0.3 is 9.47 Å². The van der Waals surface area contributed by atoms with E-state index in [1.54, 1.807) is 36.4 Å². The van der Waals surface area contributed by atoms with E-state index in [0.717, 1.165) is 15.2 Å². The Labute approximate surface area is 176 Å². The maximum Gasteiger partial charge on any atom is 0.276 e. The van der Waals surface area contributed by atoms with Crippen LogP contribution in [-0.2, 0) is 4.79 Å². The molecular weight excluding hydrogens is 436 g/mol. The van der Waals surface area contributed by atoms with Gasteiger partial charge in [0, 0.05) is 5.56 Å². The van der Waals surface area contributed by atoms with E-state index in [4.69, 9.17) is 9.47 Å². The lowest BCUT2D eigenvalue weighted by Gasteiger charge is -2.11. The summed E-state index contributed by atoms with van der Waals surface area (Å²) in [6.07, 6.45) is 1.63. The summed E-state index contributed by atoms with van der Waals surface area (Å²) in [6.45, 7) is 3.71. The molecule has 29 heavy (non-hydrogen) atoms. The Morgan fingerprint density at radius 1 is 0.966 bits per heavy atom. The largest absolute Gasteiger partial charge is 0.490 e. The van der Waals surface area contributed by atoms with Crippen molar-refractivity contribution in [3.63, 3.8) is 0 Å². The molecule has 0 fully saturated rings. The van der Waals surface area contributed by atoms with Crippen molar-refractivity contribution in [3.8, 4) is 11.5 Å². The van der Waals surface area contributed by atoms with Crippen LogP contribution in [0.15, 0.2) is 77.8 Å². The summed E-state index contributed by atoms with van der Waals surface area (Å²) < 4.78 is 11.7. The average molecular weight is 455 g/mol. The lowest BCUT2D eigenvalue weighted by molar-refractivity contribution is -0.123. The fourth-order valence-corrected chi connectivity index (χ4v) is 3.17. The van der Waals surface area contributed by atoms with Crippen molar-refractivity contribution in [2.75, 3.05) is 13.2 Å². The van der Waals surface area contributed by atoms with Gasteiger partial charge >= 0.3 is 0 Å². The third kappa shape index (κ3) is 5.36. The van der Waals surface area contributed by atoms with Crippen LogP contribution in [0.1, 0.15) is 10.4 Å². The number of hydrazine groups is 1. The van der Waals surface area contributed by atoms with E-state index < -0.39 is 11.8 Å². The van der Waals surface area contributed by atoms with Crippen LogP contribution in [0, 0.1) is 0 Å². The summed E-state index contributed by atoms with van der Waals surface area (Å²) in [7, 11) is 0. The Balaban J connectivity index is 1.50. The number of fused-ring (bicyclic) bond motifs is 1. The molecule has 148 valence electrons. The Hall–Kier alpha value is -3.32. The van der Waals surface area contributed by atoms with Crippen molar-refractivity contribution in [2.24, 2.45) is 0 Å². The summed E-state index contributed by atoms with van der Waals surface area (Å²) in [6, 6.07) is 18.1. The molecule has 2 amide bonds. The van der Waals surface area contributed by atoms with E-state index in [2.05, 4.69) is 33.4 Å². The van der Waals surface area contributed by atoms with E-state index in [1.807, 2.05) is 30.3 Å². The van der Waals surface area contributed by atoms with Crippen LogP contribution < -0.4 is 20.3 Å². The van der Waals surface area contributed by atoms with Crippen LogP contribution in [0.5, 0.6) is 11.5 Å². The summed E-state index contributed by atoms with van der Waals surface area (Å²) in [5.74, 6) is 0.241. The van der Waals surface area contributed by atoms with Crippen molar-refractivity contribution in [3.05, 3.63) is 83.4 Å². The zero-order valence-electron chi connectivity index (χ0n) is 15.5. The highest BCUT2D eigenvalue weighted by Gasteiger charge is 2.10. The van der Waals surface area contributed by atoms with Crippen LogP contribution in [0.3, 0.4) is 0 Å². The third-order valence-corrected chi connectivity index (χ3v) is 4.80. The first-order valence-electron chi connectivity index (χ1n) is 8.81. The quantitative estimate of drug-likeness (QED) is 0.417. The summed E-state index contributed by atoms with van der Waals surface area (Å²) >= 11 is 3.50. The molecule has 0 unspecified atom stereocenters. The maximum atomic E-state index is 12.1. The van der Waals surface area contributed by atoms with Crippen LogP contribution in [0.4, 0.5) is 0 Å². The first kappa shape index (κ1) is 20.4. The number of amides is 2. The summed E-state index contributed by atoms with van der Waals surface area (Å²) in [5.41, 5.74) is 5.07. The number of nitrogens with one attached hydrogen (secondary N) is 2. The van der Waals surface area contributed by atoms with Gasteiger partial charge in [-0.25, -0.2) is 0 Å². The number of rotatable bonds is 7. The summed E-state index contributed by atoms with van der Waals surface area (Å²) in [4.78, 5) is 24.1. The molecule has 7 heteroatoms. The minimum absolute atomic E-state index is 0.244. The van der Waals surface area contributed by atoms with Crippen molar-refractivity contribution >= 4 is 38.5 Å². The van der Waals surface area contributed by atoms with Gasteiger partial charge in [-0.3, -0.25) is 20.4 Å². The standard InChI is InChI=1S/C22H19BrN2O4/c1-2-13-28-17-10-7-16(8-11-17)22(27)25-24-20(26)14-29-19-12-9-15-5-3-4-6-18(15)21(19)23/h2-12H,1,13-14H2,(H,24,26)(H,25,27). The normalized spacial score (nSPS) is 10.2. The molecule has 3 aromatic rings. The molecule has 6 nitrogen and oxygen atoms in total. The van der Waals surface area contributed by atoms with E-state index in [0.29, 0.717) is 23.7 Å². The molecule has 0 spiro atoms. The van der Waals surface area contributed by atoms with Gasteiger partial charge in [0.1, 0.15) is 18.1 Å². The van der Waals surface area contributed by atoms with Crippen LogP contribution in [0.25, 0.3) is 10.8 Å². The predicted octanol–water partition coefficient (Wildman–Crippen LogP) is 4.01. The highest BCUT2D eigenvalue weighted by atomic mass is 79.9. The van der Waals surface area contributed by atoms with E-state index in [-0.39, 0.29) is 6.61 Å². The summed E-state index contributed by atoms with van der Waals surface area (Å²) in [5, 5.41) is 2.04. The average Bonchev–Trinajstić information content (AvgIpc) is 2.76. The molecule has 0 aliphatic carbocycles. The SMILES string of the molecule is C=CCOc1ccc(C(=O)NNC(=O)COc2ccc3ccccc3c2Br)cc1. The van der Waals surface area contributed by atoms with E-state index in [1.165, 1.54) is 0 Å². The van der Waals surface area contributed by atoms with Gasteiger partial charge in [0.25, 0.3) is 11.8 Å². The second kappa shape index (κ2) is 9.75. The van der Waals surface area contributed by atoms with Gasteiger partial charge in [-0.15, -0.1) is 0 Å². The van der Waals surface area contributed by atoms with Gasteiger partial charge in [0.2, 0.25) is 0 Å². The van der Waals surface area contributed by atoms with Gasteiger partial charge in [-0.05, 0) is 57.0 Å². The van der Waals surface area contributed by atoms with E-state index >= 15 is 0 Å². The molecular formula is C22H19BrN2O4. The number of hydrogen-bond acceptors (Lipinski definition) is 4. The highest BCUT2D eigenvalue weighted by molar-refractivity contribution is 9.10. The molecule has 2 N–H and O–H groups in total. The number of halogens is 1. The first-order chi connectivity index (χ1) is 14.1. The van der Waals surface area contributed by atoms with Gasteiger partial charge in [0.05, 0.1) is 4.47 Å². The van der Waals surface area contributed by atoms with Crippen LogP contribution >= 0.6 is 15.9 Å². The minimum Gasteiger partial charge on any atom is -0.490 e. The smallest absolute Gasteiger partial charge is 0.276 e. The van der Waals surface area contributed by atoms with E-state index in [9.17, 15) is 9.59 Å². The van der Waals surface area contributed by atoms with Crippen molar-refractivity contribution in [1.29, 1.82) is 0 Å². The molecule has 0 aliphatic heterocycles. The number of ether oxygens (including phenoxy) is 2. The van der Waals surface area contributed by atoms with Crippen molar-refractivity contribution in [1.82, 2.24) is 10.9 Å². The van der Waals surface area contributed by atoms with Crippen LogP contribution in [0.2, 0.25) is 0 Å². The molecule has 0 saturated heterocycles. The van der Waals surface area contributed by atoms with Crippen molar-refractivity contribution in [2.45, 2.75) is 0 Å². The monoisotopic (exact) mass is 454 g/mol. The predicted molar refractivity (Wildman–Crippen MR) is 115 cm³/mol. The fourth-order valence-electron chi connectivity index (χ4n) is 2.56. The highest BCUT2D eigenvalue weighted by Crippen LogP contribution is 2.32. The Bertz CT molecular complexity index is 1030. The number of hydrogen-bond donors (Lipinski definition) is 2. The molecule has 3 aromatic carbocycles. The van der Waals surface area contributed by atoms with Gasteiger partial charge in [-0.2, -0.15) is 0 Å². The van der Waals surface area contributed by atoms with Gasteiger partial charge in [-0.1, -0.05) is 43.0 Å². The fraction of sp³-hybridized carbons (Fsp3) is 0.0909. The Morgan fingerprint density at radius 3 is 2.48 bits per heavy atom. The van der Waals surface area contributed by atoms with Gasteiger partial charge in [0.15, 0.2) is 6.61 Å². The first-order valence-corrected chi connectivity index (χ1v) is 9.61. The van der Waals surface area contributed by atoms with Crippen molar-refractivity contribution < 1.29 is 19.1 Å². The molecule has 0 aliphatic rings. The number of benzene rings is 3. The Morgan fingerprint density at radius 2 is 1.72 bits per heavy atom. The molecule has 0 saturated carbocycles. The zero-order chi connectivity index (χ0) is 20.6. The second-order valence-corrected chi connectivity index (χ2v) is 6.81. The lowest BCUT2D eigenvalue weighted by Crippen LogP contribution is -2.43. The second-order valence-electron chi connectivity index (χ2n) is 6.01. The third-order valence-electron chi connectivity index (χ3n) is 3.99. The molecule has 0 atom stereocenters. The minimum atomic E-state index is -0.482. The zero-order valence-corrected chi connectivity index (χ0v) is 17.1. The molecule has 0 radical (unpaired) electrons. The number of carbonyl (C=O) groups is 2. The molecule has 0 bridgehead atoms. The molecule has 3 rings (SSSR count). The maximum absolute atomic E-state index is 12.1. The topological polar surface area (TPSA) is 76.7 Å². The molecule has 0 aromatic heterocycles.